The predicted molar refractivity (Wildman–Crippen MR) is 74.3 cm³/mol. The van der Waals surface area contributed by atoms with Gasteiger partial charge in [-0.25, -0.2) is 0 Å². The molecular formula is C14H12BrNO2. The van der Waals surface area contributed by atoms with Crippen molar-refractivity contribution in [1.82, 2.24) is 0 Å². The molecule has 0 aliphatic carbocycles. The summed E-state index contributed by atoms with van der Waals surface area (Å²) < 4.78 is 6.56. The molecule has 0 atom stereocenters. The Bertz CT molecular complexity index is 541. The molecule has 0 fully saturated rings. The van der Waals surface area contributed by atoms with E-state index in [1.807, 2.05) is 48.5 Å². The first-order valence-corrected chi connectivity index (χ1v) is 6.22. The van der Waals surface area contributed by atoms with Crippen LogP contribution in [0.5, 0.6) is 5.75 Å². The molecule has 2 aromatic rings. The number of ether oxygens (including phenoxy) is 1. The van der Waals surface area contributed by atoms with Gasteiger partial charge in [-0.3, -0.25) is 0 Å². The van der Waals surface area contributed by atoms with Gasteiger partial charge in [0.2, 0.25) is 0 Å². The Labute approximate surface area is 114 Å². The van der Waals surface area contributed by atoms with E-state index in [4.69, 9.17) is 9.94 Å². The second-order valence-corrected chi connectivity index (χ2v) is 4.65. The summed E-state index contributed by atoms with van der Waals surface area (Å²) in [6.07, 6.45) is 1.36. The molecule has 0 aromatic heterocycles. The third-order valence-electron chi connectivity index (χ3n) is 2.35. The summed E-state index contributed by atoms with van der Waals surface area (Å²) in [4.78, 5) is 0. The van der Waals surface area contributed by atoms with Crippen molar-refractivity contribution in [2.45, 2.75) is 6.61 Å². The van der Waals surface area contributed by atoms with Gasteiger partial charge in [-0.2, -0.15) is 0 Å². The van der Waals surface area contributed by atoms with Crippen LogP contribution in [0.3, 0.4) is 0 Å². The van der Waals surface area contributed by atoms with Gasteiger partial charge in [0.1, 0.15) is 12.4 Å². The van der Waals surface area contributed by atoms with Crippen LogP contribution in [0, 0.1) is 0 Å². The van der Waals surface area contributed by atoms with Gasteiger partial charge >= 0.3 is 0 Å². The zero-order valence-corrected chi connectivity index (χ0v) is 11.2. The van der Waals surface area contributed by atoms with Crippen molar-refractivity contribution in [2.24, 2.45) is 5.16 Å². The lowest BCUT2D eigenvalue weighted by molar-refractivity contribution is 0.306. The summed E-state index contributed by atoms with van der Waals surface area (Å²) in [6.45, 7) is 0.507. The number of benzene rings is 2. The second-order valence-electron chi connectivity index (χ2n) is 3.74. The first kappa shape index (κ1) is 12.6. The Morgan fingerprint density at radius 1 is 1.17 bits per heavy atom. The number of hydrogen-bond acceptors (Lipinski definition) is 3. The Morgan fingerprint density at radius 3 is 2.67 bits per heavy atom. The van der Waals surface area contributed by atoms with E-state index in [-0.39, 0.29) is 0 Å². The van der Waals surface area contributed by atoms with Crippen molar-refractivity contribution >= 4 is 22.1 Å². The minimum absolute atomic E-state index is 0.507. The van der Waals surface area contributed by atoms with E-state index in [9.17, 15) is 0 Å². The maximum atomic E-state index is 8.52. The molecule has 1 N–H and O–H groups in total. The maximum absolute atomic E-state index is 8.52. The van der Waals surface area contributed by atoms with Crippen LogP contribution in [0.15, 0.2) is 58.2 Å². The van der Waals surface area contributed by atoms with Crippen molar-refractivity contribution in [3.05, 3.63) is 64.1 Å². The van der Waals surface area contributed by atoms with Gasteiger partial charge < -0.3 is 9.94 Å². The lowest BCUT2D eigenvalue weighted by Gasteiger charge is -2.07. The molecule has 4 heteroatoms. The molecule has 0 saturated heterocycles. The highest BCUT2D eigenvalue weighted by Gasteiger charge is 2.00. The van der Waals surface area contributed by atoms with Crippen molar-refractivity contribution in [3.63, 3.8) is 0 Å². The van der Waals surface area contributed by atoms with Crippen LogP contribution in [0.25, 0.3) is 0 Å². The topological polar surface area (TPSA) is 41.8 Å². The fraction of sp³-hybridized carbons (Fsp3) is 0.0714. The molecule has 3 nitrogen and oxygen atoms in total. The molecule has 0 aliphatic rings. The first-order chi connectivity index (χ1) is 8.78. The van der Waals surface area contributed by atoms with E-state index in [2.05, 4.69) is 21.1 Å². The SMILES string of the molecule is O/N=C\c1cc(Br)cc(OCc2ccccc2)c1. The zero-order chi connectivity index (χ0) is 12.8. The average molecular weight is 306 g/mol. The second kappa shape index (κ2) is 6.21. The summed E-state index contributed by atoms with van der Waals surface area (Å²) in [7, 11) is 0. The summed E-state index contributed by atoms with van der Waals surface area (Å²) >= 11 is 3.39. The van der Waals surface area contributed by atoms with Gasteiger partial charge in [-0.05, 0) is 23.8 Å². The molecular weight excluding hydrogens is 294 g/mol. The highest BCUT2D eigenvalue weighted by atomic mass is 79.9. The van der Waals surface area contributed by atoms with Gasteiger partial charge in [0.05, 0.1) is 6.21 Å². The molecule has 0 amide bonds. The lowest BCUT2D eigenvalue weighted by Crippen LogP contribution is -1.96. The standard InChI is InChI=1S/C14H12BrNO2/c15-13-6-12(9-16-17)7-14(8-13)18-10-11-4-2-1-3-5-11/h1-9,17H,10H2/b16-9-. The molecule has 0 saturated carbocycles. The monoisotopic (exact) mass is 305 g/mol. The number of nitrogens with zero attached hydrogens (tertiary/aromatic N) is 1. The van der Waals surface area contributed by atoms with Crippen LogP contribution in [0.1, 0.15) is 11.1 Å². The summed E-state index contributed by atoms with van der Waals surface area (Å²) in [5.41, 5.74) is 1.88. The Hall–Kier alpha value is -1.81. The van der Waals surface area contributed by atoms with Gasteiger partial charge in [0.15, 0.2) is 0 Å². The fourth-order valence-electron chi connectivity index (χ4n) is 1.55. The van der Waals surface area contributed by atoms with Crippen molar-refractivity contribution in [1.29, 1.82) is 0 Å². The van der Waals surface area contributed by atoms with Gasteiger partial charge in [-0.15, -0.1) is 0 Å². The number of halogens is 1. The third kappa shape index (κ3) is 3.60. The van der Waals surface area contributed by atoms with Crippen LogP contribution in [0.4, 0.5) is 0 Å². The highest BCUT2D eigenvalue weighted by Crippen LogP contribution is 2.21. The summed E-state index contributed by atoms with van der Waals surface area (Å²) in [5, 5.41) is 11.5. The molecule has 0 heterocycles. The van der Waals surface area contributed by atoms with Crippen molar-refractivity contribution in [2.75, 3.05) is 0 Å². The van der Waals surface area contributed by atoms with E-state index in [1.54, 1.807) is 0 Å². The largest absolute Gasteiger partial charge is 0.489 e. The van der Waals surface area contributed by atoms with Crippen molar-refractivity contribution in [3.8, 4) is 5.75 Å². The van der Waals surface area contributed by atoms with Gasteiger partial charge in [0, 0.05) is 10.0 Å². The molecule has 0 unspecified atom stereocenters. The average Bonchev–Trinajstić information content (AvgIpc) is 2.37. The zero-order valence-electron chi connectivity index (χ0n) is 9.58. The van der Waals surface area contributed by atoms with Crippen LogP contribution in [-0.2, 0) is 6.61 Å². The van der Waals surface area contributed by atoms with E-state index < -0.39 is 0 Å². The molecule has 2 rings (SSSR count). The van der Waals surface area contributed by atoms with Crippen LogP contribution in [-0.4, -0.2) is 11.4 Å². The first-order valence-electron chi connectivity index (χ1n) is 5.42. The molecule has 18 heavy (non-hydrogen) atoms. The molecule has 2 aromatic carbocycles. The summed E-state index contributed by atoms with van der Waals surface area (Å²) in [5.74, 6) is 0.725. The van der Waals surface area contributed by atoms with Crippen molar-refractivity contribution < 1.29 is 9.94 Å². The normalized spacial score (nSPS) is 10.7. The Balaban J connectivity index is 2.09. The lowest BCUT2D eigenvalue weighted by atomic mass is 10.2. The number of rotatable bonds is 4. The van der Waals surface area contributed by atoms with Gasteiger partial charge in [0.25, 0.3) is 0 Å². The molecule has 0 radical (unpaired) electrons. The minimum Gasteiger partial charge on any atom is -0.489 e. The van der Waals surface area contributed by atoms with E-state index in [1.165, 1.54) is 6.21 Å². The molecule has 0 bridgehead atoms. The quantitative estimate of drug-likeness (QED) is 0.530. The minimum atomic E-state index is 0.507. The van der Waals surface area contributed by atoms with Gasteiger partial charge in [-0.1, -0.05) is 51.4 Å². The third-order valence-corrected chi connectivity index (χ3v) is 2.81. The summed E-state index contributed by atoms with van der Waals surface area (Å²) in [6, 6.07) is 15.5. The molecule has 92 valence electrons. The van der Waals surface area contributed by atoms with Crippen LogP contribution < -0.4 is 4.74 Å². The Morgan fingerprint density at radius 2 is 1.94 bits per heavy atom. The number of hydrogen-bond donors (Lipinski definition) is 1. The maximum Gasteiger partial charge on any atom is 0.121 e. The predicted octanol–water partition coefficient (Wildman–Crippen LogP) is 3.84. The molecule has 0 aliphatic heterocycles. The number of oxime groups is 1. The molecule has 0 spiro atoms. The van der Waals surface area contributed by atoms with E-state index in [0.29, 0.717) is 6.61 Å². The smallest absolute Gasteiger partial charge is 0.121 e. The van der Waals surface area contributed by atoms with Crippen LogP contribution in [0.2, 0.25) is 0 Å². The highest BCUT2D eigenvalue weighted by molar-refractivity contribution is 9.10. The Kier molecular flexibility index (Phi) is 4.36. The van der Waals surface area contributed by atoms with E-state index in [0.717, 1.165) is 21.3 Å². The van der Waals surface area contributed by atoms with E-state index >= 15 is 0 Å². The van der Waals surface area contributed by atoms with Crippen LogP contribution >= 0.6 is 15.9 Å². The fourth-order valence-corrected chi connectivity index (χ4v) is 2.04.